The van der Waals surface area contributed by atoms with Crippen LogP contribution in [-0.4, -0.2) is 27.2 Å². The van der Waals surface area contributed by atoms with E-state index in [0.717, 1.165) is 19.3 Å². The Morgan fingerprint density at radius 1 is 1.07 bits per heavy atom. The Morgan fingerprint density at radius 3 is 2.17 bits per heavy atom. The van der Waals surface area contributed by atoms with Gasteiger partial charge in [-0.05, 0) is 54.3 Å². The fourth-order valence-corrected chi connectivity index (χ4v) is 2.83. The highest BCUT2D eigenvalue weighted by Crippen LogP contribution is 2.38. The van der Waals surface area contributed by atoms with Gasteiger partial charge in [-0.25, -0.2) is 0 Å². The van der Waals surface area contributed by atoms with Gasteiger partial charge in [-0.3, -0.25) is 4.79 Å². The molecule has 29 heavy (non-hydrogen) atoms. The second-order valence-electron chi connectivity index (χ2n) is 6.38. The highest BCUT2D eigenvalue weighted by Gasteiger charge is 2.15. The molecule has 0 heterocycles. The highest BCUT2D eigenvalue weighted by atomic mass is 16.5. The van der Waals surface area contributed by atoms with Gasteiger partial charge in [0.25, 0.3) is 5.91 Å². The number of carbonyl (C=O) groups is 1. The summed E-state index contributed by atoms with van der Waals surface area (Å²) in [5.41, 5.74) is 2.41. The molecule has 6 heteroatoms. The van der Waals surface area contributed by atoms with E-state index in [0.29, 0.717) is 28.5 Å². The second-order valence-corrected chi connectivity index (χ2v) is 6.38. The lowest BCUT2D eigenvalue weighted by Crippen LogP contribution is -2.13. The van der Waals surface area contributed by atoms with E-state index < -0.39 is 5.91 Å². The average molecular weight is 394 g/mol. The number of unbranched alkanes of at least 4 members (excludes halogenated alkanes) is 1. The molecule has 2 rings (SSSR count). The predicted molar refractivity (Wildman–Crippen MR) is 113 cm³/mol. The Balaban J connectivity index is 2.23. The van der Waals surface area contributed by atoms with E-state index in [4.69, 9.17) is 14.2 Å². The van der Waals surface area contributed by atoms with Crippen LogP contribution in [0.4, 0.5) is 5.69 Å². The third kappa shape index (κ3) is 5.76. The van der Waals surface area contributed by atoms with Gasteiger partial charge in [0, 0.05) is 5.69 Å². The van der Waals surface area contributed by atoms with Crippen LogP contribution in [-0.2, 0) is 11.2 Å². The topological polar surface area (TPSA) is 80.6 Å². The third-order valence-electron chi connectivity index (χ3n) is 4.39. The number of anilines is 1. The van der Waals surface area contributed by atoms with Gasteiger partial charge in [-0.1, -0.05) is 25.5 Å². The number of ether oxygens (including phenoxy) is 3. The van der Waals surface area contributed by atoms with Gasteiger partial charge in [-0.15, -0.1) is 0 Å². The minimum absolute atomic E-state index is 0.0330. The number of benzene rings is 2. The van der Waals surface area contributed by atoms with E-state index in [2.05, 4.69) is 12.2 Å². The quantitative estimate of drug-likeness (QED) is 0.497. The number of carbonyl (C=O) groups excluding carboxylic acids is 1. The molecule has 0 aliphatic rings. The molecule has 0 aliphatic heterocycles. The maximum absolute atomic E-state index is 12.5. The first-order valence-corrected chi connectivity index (χ1v) is 9.38. The van der Waals surface area contributed by atoms with E-state index in [9.17, 15) is 10.1 Å². The van der Waals surface area contributed by atoms with Gasteiger partial charge < -0.3 is 19.5 Å². The van der Waals surface area contributed by atoms with Crippen molar-refractivity contribution >= 4 is 17.7 Å². The molecule has 1 amide bonds. The van der Waals surface area contributed by atoms with Crippen molar-refractivity contribution in [2.75, 3.05) is 26.6 Å². The molecule has 0 atom stereocenters. The lowest BCUT2D eigenvalue weighted by atomic mass is 10.1. The van der Waals surface area contributed by atoms with Crippen molar-refractivity contribution in [3.63, 3.8) is 0 Å². The molecule has 2 aromatic rings. The summed E-state index contributed by atoms with van der Waals surface area (Å²) in [6.45, 7) is 2.15. The van der Waals surface area contributed by atoms with Crippen LogP contribution in [0.3, 0.4) is 0 Å². The molecule has 0 aliphatic carbocycles. The summed E-state index contributed by atoms with van der Waals surface area (Å²) in [5.74, 6) is 0.845. The van der Waals surface area contributed by atoms with Crippen LogP contribution in [0.15, 0.2) is 42.0 Å². The minimum Gasteiger partial charge on any atom is -0.493 e. The monoisotopic (exact) mass is 394 g/mol. The van der Waals surface area contributed by atoms with Gasteiger partial charge in [0.05, 0.1) is 21.3 Å². The molecule has 0 radical (unpaired) electrons. The molecule has 0 saturated carbocycles. The lowest BCUT2D eigenvalue weighted by molar-refractivity contribution is -0.112. The predicted octanol–water partition coefficient (Wildman–Crippen LogP) is 4.60. The van der Waals surface area contributed by atoms with Crippen LogP contribution in [0.2, 0.25) is 0 Å². The summed E-state index contributed by atoms with van der Waals surface area (Å²) in [4.78, 5) is 12.5. The van der Waals surface area contributed by atoms with Crippen LogP contribution in [0.25, 0.3) is 6.08 Å². The van der Waals surface area contributed by atoms with Crippen molar-refractivity contribution in [3.8, 4) is 23.3 Å². The van der Waals surface area contributed by atoms with Gasteiger partial charge in [0.1, 0.15) is 11.6 Å². The van der Waals surface area contributed by atoms with E-state index in [1.54, 1.807) is 12.1 Å². The summed E-state index contributed by atoms with van der Waals surface area (Å²) >= 11 is 0. The molecule has 6 nitrogen and oxygen atoms in total. The standard InChI is InChI=1S/C23H26N2O4/c1-5-6-7-16-8-10-19(11-9-16)25-23(26)18(15-24)12-17-13-20(27-2)22(29-4)21(14-17)28-3/h8-14H,5-7H2,1-4H3,(H,25,26). The number of nitrogens with zero attached hydrogens (tertiary/aromatic N) is 1. The first kappa shape index (κ1) is 21.8. The molecule has 0 fully saturated rings. The molecule has 0 bridgehead atoms. The number of methoxy groups -OCH3 is 3. The zero-order valence-electron chi connectivity index (χ0n) is 17.2. The Kier molecular flexibility index (Phi) is 8.11. The number of nitriles is 1. The molecule has 0 aromatic heterocycles. The molecule has 152 valence electrons. The van der Waals surface area contributed by atoms with Gasteiger partial charge in [-0.2, -0.15) is 5.26 Å². The Hall–Kier alpha value is -3.46. The fraction of sp³-hybridized carbons (Fsp3) is 0.304. The van der Waals surface area contributed by atoms with Crippen molar-refractivity contribution < 1.29 is 19.0 Å². The first-order chi connectivity index (χ1) is 14.1. The summed E-state index contributed by atoms with van der Waals surface area (Å²) in [6.07, 6.45) is 4.75. The molecule has 2 aromatic carbocycles. The Bertz CT molecular complexity index is 886. The molecule has 0 unspecified atom stereocenters. The van der Waals surface area contributed by atoms with Crippen LogP contribution in [0, 0.1) is 11.3 Å². The van der Waals surface area contributed by atoms with Crippen LogP contribution < -0.4 is 19.5 Å². The Morgan fingerprint density at radius 2 is 1.69 bits per heavy atom. The lowest BCUT2D eigenvalue weighted by Gasteiger charge is -2.13. The average Bonchev–Trinajstić information content (AvgIpc) is 2.75. The molecule has 0 spiro atoms. The van der Waals surface area contributed by atoms with E-state index in [1.807, 2.05) is 30.3 Å². The number of hydrogen-bond acceptors (Lipinski definition) is 5. The van der Waals surface area contributed by atoms with E-state index in [1.165, 1.54) is 33.0 Å². The van der Waals surface area contributed by atoms with E-state index >= 15 is 0 Å². The zero-order valence-corrected chi connectivity index (χ0v) is 17.2. The van der Waals surface area contributed by atoms with Crippen molar-refractivity contribution in [1.82, 2.24) is 0 Å². The smallest absolute Gasteiger partial charge is 0.266 e. The van der Waals surface area contributed by atoms with Crippen molar-refractivity contribution in [3.05, 3.63) is 53.1 Å². The zero-order chi connectivity index (χ0) is 21.2. The van der Waals surface area contributed by atoms with Crippen molar-refractivity contribution in [2.24, 2.45) is 0 Å². The first-order valence-electron chi connectivity index (χ1n) is 9.38. The van der Waals surface area contributed by atoms with Gasteiger partial charge in [0.2, 0.25) is 5.75 Å². The third-order valence-corrected chi connectivity index (χ3v) is 4.39. The SMILES string of the molecule is CCCCc1ccc(NC(=O)C(C#N)=Cc2cc(OC)c(OC)c(OC)c2)cc1. The normalized spacial score (nSPS) is 10.8. The summed E-state index contributed by atoms with van der Waals surface area (Å²) in [6, 6.07) is 13.0. The number of aryl methyl sites for hydroxylation is 1. The number of hydrogen-bond donors (Lipinski definition) is 1. The molecular weight excluding hydrogens is 368 g/mol. The summed E-state index contributed by atoms with van der Waals surface area (Å²) in [5, 5.41) is 12.2. The van der Waals surface area contributed by atoms with Gasteiger partial charge in [0.15, 0.2) is 11.5 Å². The molecular formula is C23H26N2O4. The Labute approximate surface area is 171 Å². The van der Waals surface area contributed by atoms with E-state index in [-0.39, 0.29) is 5.57 Å². The second kappa shape index (κ2) is 10.8. The fourth-order valence-electron chi connectivity index (χ4n) is 2.83. The minimum atomic E-state index is -0.484. The summed E-state index contributed by atoms with van der Waals surface area (Å²) in [7, 11) is 4.53. The van der Waals surface area contributed by atoms with Crippen molar-refractivity contribution in [2.45, 2.75) is 26.2 Å². The molecule has 0 saturated heterocycles. The highest BCUT2D eigenvalue weighted by molar-refractivity contribution is 6.09. The number of amides is 1. The maximum atomic E-state index is 12.5. The largest absolute Gasteiger partial charge is 0.493 e. The number of nitrogens with one attached hydrogen (secondary N) is 1. The number of rotatable bonds is 9. The van der Waals surface area contributed by atoms with Crippen molar-refractivity contribution in [1.29, 1.82) is 5.26 Å². The van der Waals surface area contributed by atoms with Crippen LogP contribution in [0.5, 0.6) is 17.2 Å². The van der Waals surface area contributed by atoms with Crippen LogP contribution in [0.1, 0.15) is 30.9 Å². The molecule has 1 N–H and O–H groups in total. The summed E-state index contributed by atoms with van der Waals surface area (Å²) < 4.78 is 15.9. The maximum Gasteiger partial charge on any atom is 0.266 e. The van der Waals surface area contributed by atoms with Gasteiger partial charge >= 0.3 is 0 Å². The van der Waals surface area contributed by atoms with Crippen LogP contribution >= 0.6 is 0 Å².